The molecule has 6 nitrogen and oxygen atoms in total. The van der Waals surface area contributed by atoms with Crippen LogP contribution in [0.2, 0.25) is 20.1 Å². The van der Waals surface area contributed by atoms with E-state index in [4.69, 9.17) is 63.4 Å². The number of methoxy groups -OCH3 is 1. The SMILES string of the molecule is COc1ccc(N2C(=O)C(CC(=O)Nc3ccc(Cl)cc3)N(CCc3ccc(Cl)cc3Cl)C2=S)cc1Cl. The van der Waals surface area contributed by atoms with Crippen molar-refractivity contribution in [3.05, 3.63) is 86.3 Å². The van der Waals surface area contributed by atoms with Gasteiger partial charge >= 0.3 is 0 Å². The van der Waals surface area contributed by atoms with Crippen molar-refractivity contribution in [1.82, 2.24) is 4.90 Å². The van der Waals surface area contributed by atoms with Gasteiger partial charge in [-0.05, 0) is 78.8 Å². The van der Waals surface area contributed by atoms with Crippen LogP contribution in [0.1, 0.15) is 12.0 Å². The fourth-order valence-corrected chi connectivity index (χ4v) is 5.30. The molecule has 1 atom stereocenters. The third kappa shape index (κ3) is 6.30. The number of hydrogen-bond donors (Lipinski definition) is 1. The molecule has 192 valence electrons. The zero-order valence-corrected chi connectivity index (χ0v) is 23.4. The van der Waals surface area contributed by atoms with Crippen LogP contribution in [0.5, 0.6) is 5.75 Å². The van der Waals surface area contributed by atoms with Crippen molar-refractivity contribution in [1.29, 1.82) is 0 Å². The summed E-state index contributed by atoms with van der Waals surface area (Å²) in [4.78, 5) is 29.7. The molecular weight excluding hydrogens is 576 g/mol. The van der Waals surface area contributed by atoms with Crippen molar-refractivity contribution in [2.75, 3.05) is 23.9 Å². The van der Waals surface area contributed by atoms with Gasteiger partial charge in [0.1, 0.15) is 11.8 Å². The number of carbonyl (C=O) groups is 2. The molecule has 1 saturated heterocycles. The summed E-state index contributed by atoms with van der Waals surface area (Å²) in [6.45, 7) is 0.352. The Morgan fingerprint density at radius 2 is 1.68 bits per heavy atom. The Hall–Kier alpha value is -2.55. The molecule has 0 radical (unpaired) electrons. The quantitative estimate of drug-likeness (QED) is 0.287. The lowest BCUT2D eigenvalue weighted by Crippen LogP contribution is -2.39. The highest BCUT2D eigenvalue weighted by Crippen LogP contribution is 2.34. The molecule has 1 aliphatic heterocycles. The van der Waals surface area contributed by atoms with Crippen LogP contribution in [0.4, 0.5) is 11.4 Å². The maximum absolute atomic E-state index is 13.6. The van der Waals surface area contributed by atoms with Gasteiger partial charge in [0.25, 0.3) is 5.91 Å². The second kappa shape index (κ2) is 11.9. The van der Waals surface area contributed by atoms with E-state index in [-0.39, 0.29) is 23.3 Å². The molecule has 0 bridgehead atoms. The molecule has 3 aromatic rings. The molecule has 37 heavy (non-hydrogen) atoms. The maximum atomic E-state index is 13.6. The Kier molecular flexibility index (Phi) is 8.82. The third-order valence-electron chi connectivity index (χ3n) is 5.86. The molecule has 0 aliphatic carbocycles. The van der Waals surface area contributed by atoms with Gasteiger partial charge in [0.15, 0.2) is 5.11 Å². The van der Waals surface area contributed by atoms with Gasteiger partial charge in [0.05, 0.1) is 24.2 Å². The van der Waals surface area contributed by atoms with Crippen molar-refractivity contribution in [2.45, 2.75) is 18.9 Å². The molecular formula is C26H21Cl4N3O3S. The molecule has 0 saturated carbocycles. The molecule has 1 heterocycles. The number of ether oxygens (including phenoxy) is 1. The van der Waals surface area contributed by atoms with Crippen LogP contribution in [0.15, 0.2) is 60.7 Å². The average molecular weight is 597 g/mol. The van der Waals surface area contributed by atoms with E-state index in [1.54, 1.807) is 59.5 Å². The van der Waals surface area contributed by atoms with Crippen LogP contribution in [0.25, 0.3) is 0 Å². The summed E-state index contributed by atoms with van der Waals surface area (Å²) in [7, 11) is 1.51. The zero-order valence-electron chi connectivity index (χ0n) is 19.5. The van der Waals surface area contributed by atoms with E-state index in [1.165, 1.54) is 12.0 Å². The van der Waals surface area contributed by atoms with Crippen LogP contribution < -0.4 is 15.0 Å². The lowest BCUT2D eigenvalue weighted by molar-refractivity contribution is -0.124. The molecule has 2 amide bonds. The maximum Gasteiger partial charge on any atom is 0.256 e. The van der Waals surface area contributed by atoms with Crippen LogP contribution in [-0.2, 0) is 16.0 Å². The lowest BCUT2D eigenvalue weighted by Gasteiger charge is -2.24. The standard InChI is InChI=1S/C26H21Cl4N3O3S/c1-36-23-9-8-19(13-21(23)30)33-25(35)22(14-24(34)31-18-6-4-16(27)5-7-18)32(26(33)37)11-10-15-2-3-17(28)12-20(15)29/h2-9,12-13,22H,10-11,14H2,1H3,(H,31,34). The van der Waals surface area contributed by atoms with Crippen LogP contribution in [0, 0.1) is 0 Å². The van der Waals surface area contributed by atoms with Crippen molar-refractivity contribution in [2.24, 2.45) is 0 Å². The van der Waals surface area contributed by atoms with Crippen LogP contribution in [-0.4, -0.2) is 41.5 Å². The highest BCUT2D eigenvalue weighted by Gasteiger charge is 2.44. The number of carbonyl (C=O) groups excluding carboxylic acids is 2. The topological polar surface area (TPSA) is 61.9 Å². The van der Waals surface area contributed by atoms with E-state index < -0.39 is 6.04 Å². The Bertz CT molecular complexity index is 1350. The molecule has 1 N–H and O–H groups in total. The minimum atomic E-state index is -0.827. The van der Waals surface area contributed by atoms with Crippen molar-refractivity contribution in [3.8, 4) is 5.75 Å². The number of amides is 2. The molecule has 0 aromatic heterocycles. The summed E-state index contributed by atoms with van der Waals surface area (Å²) in [6, 6.07) is 16.1. The minimum Gasteiger partial charge on any atom is -0.495 e. The Balaban J connectivity index is 1.59. The van der Waals surface area contributed by atoms with Crippen molar-refractivity contribution < 1.29 is 14.3 Å². The first-order valence-corrected chi connectivity index (χ1v) is 13.1. The number of benzene rings is 3. The summed E-state index contributed by atoms with van der Waals surface area (Å²) in [5, 5.41) is 5.00. The molecule has 4 rings (SSSR count). The third-order valence-corrected chi connectivity index (χ3v) is 7.41. The Morgan fingerprint density at radius 1 is 0.973 bits per heavy atom. The van der Waals surface area contributed by atoms with Gasteiger partial charge in [-0.25, -0.2) is 0 Å². The highest BCUT2D eigenvalue weighted by atomic mass is 35.5. The number of anilines is 2. The van der Waals surface area contributed by atoms with Gasteiger partial charge in [0, 0.05) is 27.3 Å². The number of thiocarbonyl (C=S) groups is 1. The number of nitrogens with one attached hydrogen (secondary N) is 1. The average Bonchev–Trinajstić information content (AvgIpc) is 3.08. The van der Waals surface area contributed by atoms with Gasteiger partial charge in [-0.15, -0.1) is 0 Å². The zero-order chi connectivity index (χ0) is 26.7. The first-order valence-electron chi connectivity index (χ1n) is 11.2. The van der Waals surface area contributed by atoms with E-state index in [1.807, 2.05) is 6.07 Å². The van der Waals surface area contributed by atoms with Crippen LogP contribution >= 0.6 is 58.6 Å². The molecule has 1 aliphatic rings. The van der Waals surface area contributed by atoms with Crippen molar-refractivity contribution >= 4 is 86.9 Å². The monoisotopic (exact) mass is 595 g/mol. The Morgan fingerprint density at radius 3 is 2.32 bits per heavy atom. The Labute approximate surface area is 240 Å². The lowest BCUT2D eigenvalue weighted by atomic mass is 10.1. The van der Waals surface area contributed by atoms with Gasteiger partial charge in [-0.1, -0.05) is 52.5 Å². The van der Waals surface area contributed by atoms with E-state index >= 15 is 0 Å². The first-order chi connectivity index (χ1) is 17.7. The summed E-state index contributed by atoms with van der Waals surface area (Å²) in [5.41, 5.74) is 1.90. The van der Waals surface area contributed by atoms with E-state index in [9.17, 15) is 9.59 Å². The summed E-state index contributed by atoms with van der Waals surface area (Å²) >= 11 is 30.4. The van der Waals surface area contributed by atoms with Crippen molar-refractivity contribution in [3.63, 3.8) is 0 Å². The van der Waals surface area contributed by atoms with Gasteiger partial charge in [0.2, 0.25) is 5.91 Å². The second-order valence-electron chi connectivity index (χ2n) is 8.23. The largest absolute Gasteiger partial charge is 0.495 e. The smallest absolute Gasteiger partial charge is 0.256 e. The summed E-state index contributed by atoms with van der Waals surface area (Å²) < 4.78 is 5.22. The molecule has 1 fully saturated rings. The van der Waals surface area contributed by atoms with E-state index in [0.717, 1.165) is 5.56 Å². The molecule has 3 aromatic carbocycles. The molecule has 1 unspecified atom stereocenters. The fourth-order valence-electron chi connectivity index (χ4n) is 4.01. The number of nitrogens with zero attached hydrogens (tertiary/aromatic N) is 2. The number of halogens is 4. The first kappa shape index (κ1) is 27.5. The highest BCUT2D eigenvalue weighted by molar-refractivity contribution is 7.80. The molecule has 0 spiro atoms. The predicted octanol–water partition coefficient (Wildman–Crippen LogP) is 6.88. The fraction of sp³-hybridized carbons (Fsp3) is 0.192. The summed E-state index contributed by atoms with van der Waals surface area (Å²) in [5.74, 6) is -0.205. The van der Waals surface area contributed by atoms with Gasteiger partial charge in [-0.3, -0.25) is 14.5 Å². The summed E-state index contributed by atoms with van der Waals surface area (Å²) in [6.07, 6.45) is 0.367. The van der Waals surface area contributed by atoms with E-state index in [0.29, 0.717) is 50.2 Å². The van der Waals surface area contributed by atoms with Gasteiger partial charge < -0.3 is 15.0 Å². The van der Waals surface area contributed by atoms with E-state index in [2.05, 4.69) is 5.32 Å². The second-order valence-corrected chi connectivity index (χ2v) is 10.3. The van der Waals surface area contributed by atoms with Crippen LogP contribution in [0.3, 0.4) is 0 Å². The van der Waals surface area contributed by atoms with Gasteiger partial charge in [-0.2, -0.15) is 0 Å². The minimum absolute atomic E-state index is 0.115. The normalized spacial score (nSPS) is 15.3. The number of hydrogen-bond acceptors (Lipinski definition) is 4. The predicted molar refractivity (Wildman–Crippen MR) is 153 cm³/mol. The number of rotatable bonds is 8. The molecule has 11 heteroatoms.